The predicted octanol–water partition coefficient (Wildman–Crippen LogP) is 4.16. The molecule has 4 rings (SSSR count). The van der Waals surface area contributed by atoms with Crippen molar-refractivity contribution in [3.63, 3.8) is 0 Å². The fourth-order valence-corrected chi connectivity index (χ4v) is 3.04. The Balaban J connectivity index is 0.000000169. The third kappa shape index (κ3) is 4.31. The molecule has 3 aromatic rings. The van der Waals surface area contributed by atoms with Gasteiger partial charge in [0.15, 0.2) is 0 Å². The second-order valence-corrected chi connectivity index (χ2v) is 7.25. The van der Waals surface area contributed by atoms with E-state index in [0.717, 1.165) is 17.3 Å². The van der Waals surface area contributed by atoms with Crippen LogP contribution in [0.15, 0.2) is 41.5 Å². The van der Waals surface area contributed by atoms with Gasteiger partial charge in [0.2, 0.25) is 11.8 Å². The lowest BCUT2D eigenvalue weighted by Crippen LogP contribution is -2.38. The summed E-state index contributed by atoms with van der Waals surface area (Å²) in [6.45, 7) is 1.74. The van der Waals surface area contributed by atoms with Gasteiger partial charge in [-0.15, -0.1) is 11.6 Å². The van der Waals surface area contributed by atoms with E-state index in [-0.39, 0.29) is 0 Å². The number of alkyl halides is 1. The van der Waals surface area contributed by atoms with Gasteiger partial charge in [0.25, 0.3) is 0 Å². The fourth-order valence-electron chi connectivity index (χ4n) is 2.68. The van der Waals surface area contributed by atoms with Gasteiger partial charge in [0.1, 0.15) is 6.29 Å². The molecule has 9 heteroatoms. The number of fused-ring (bicyclic) bond motifs is 2. The minimum atomic E-state index is -0.854. The average molecular weight is 433 g/mol. The minimum absolute atomic E-state index is 0.452. The van der Waals surface area contributed by atoms with Gasteiger partial charge >= 0.3 is 0 Å². The van der Waals surface area contributed by atoms with Gasteiger partial charge in [-0.05, 0) is 25.1 Å². The van der Waals surface area contributed by atoms with Crippen LogP contribution in [0.3, 0.4) is 0 Å². The molecule has 4 heterocycles. The Hall–Kier alpha value is -2.77. The SMILES string of the molecule is COc1ccc2c(n1)C(C)(C=O)C(Cl)C=N2.COc1ccc2ncc(Cl)cc2n1. The Labute approximate surface area is 177 Å². The molecule has 0 saturated heterocycles. The molecule has 2 atom stereocenters. The Morgan fingerprint density at radius 3 is 2.45 bits per heavy atom. The van der Waals surface area contributed by atoms with Gasteiger partial charge < -0.3 is 14.3 Å². The highest BCUT2D eigenvalue weighted by Crippen LogP contribution is 2.38. The molecule has 2 unspecified atom stereocenters. The number of nitrogens with zero attached hydrogens (tertiary/aromatic N) is 4. The lowest BCUT2D eigenvalue weighted by molar-refractivity contribution is -0.111. The van der Waals surface area contributed by atoms with Crippen molar-refractivity contribution in [2.24, 2.45) is 4.99 Å². The molecule has 0 aliphatic carbocycles. The predicted molar refractivity (Wildman–Crippen MR) is 113 cm³/mol. The number of carbonyl (C=O) groups is 1. The van der Waals surface area contributed by atoms with Crippen LogP contribution in [0, 0.1) is 0 Å². The van der Waals surface area contributed by atoms with Gasteiger partial charge in [0.05, 0.1) is 52.4 Å². The third-order valence-corrected chi connectivity index (χ3v) is 5.19. The summed E-state index contributed by atoms with van der Waals surface area (Å²) < 4.78 is 10.0. The van der Waals surface area contributed by atoms with Crippen LogP contribution >= 0.6 is 23.2 Å². The summed E-state index contributed by atoms with van der Waals surface area (Å²) in [5.41, 5.74) is 1.92. The Kier molecular flexibility index (Phi) is 6.30. The zero-order chi connectivity index (χ0) is 21.0. The van der Waals surface area contributed by atoms with Crippen molar-refractivity contribution in [1.82, 2.24) is 15.0 Å². The van der Waals surface area contributed by atoms with Crippen molar-refractivity contribution in [3.05, 3.63) is 47.2 Å². The number of aldehydes is 1. The second kappa shape index (κ2) is 8.71. The number of pyridine rings is 3. The average Bonchev–Trinajstić information content (AvgIpc) is 2.76. The molecule has 1 aliphatic heterocycles. The molecule has 3 aromatic heterocycles. The number of halogens is 2. The van der Waals surface area contributed by atoms with Crippen LogP contribution in [0.1, 0.15) is 12.6 Å². The maximum Gasteiger partial charge on any atom is 0.213 e. The van der Waals surface area contributed by atoms with Crippen molar-refractivity contribution in [3.8, 4) is 11.8 Å². The highest BCUT2D eigenvalue weighted by molar-refractivity contribution is 6.31. The maximum absolute atomic E-state index is 11.2. The summed E-state index contributed by atoms with van der Waals surface area (Å²) in [5, 5.41) is 0.0883. The first kappa shape index (κ1) is 21.0. The lowest BCUT2D eigenvalue weighted by atomic mass is 9.82. The molecule has 0 radical (unpaired) electrons. The molecule has 0 spiro atoms. The van der Waals surface area contributed by atoms with Crippen LogP contribution in [-0.2, 0) is 10.2 Å². The first-order valence-electron chi connectivity index (χ1n) is 8.57. The third-order valence-electron chi connectivity index (χ3n) is 4.42. The molecule has 0 N–H and O–H groups in total. The molecule has 0 saturated carbocycles. The molecule has 0 bridgehead atoms. The Bertz CT molecular complexity index is 1080. The van der Waals surface area contributed by atoms with E-state index >= 15 is 0 Å². The van der Waals surface area contributed by atoms with E-state index in [9.17, 15) is 4.79 Å². The molecular weight excluding hydrogens is 415 g/mol. The van der Waals surface area contributed by atoms with Crippen LogP contribution in [0.2, 0.25) is 5.02 Å². The summed E-state index contributed by atoms with van der Waals surface area (Å²) in [6, 6.07) is 8.84. The van der Waals surface area contributed by atoms with Crippen LogP contribution in [0.5, 0.6) is 11.8 Å². The van der Waals surface area contributed by atoms with Gasteiger partial charge in [-0.3, -0.25) is 9.98 Å². The normalized spacial score (nSPS) is 19.7. The van der Waals surface area contributed by atoms with Gasteiger partial charge in [0, 0.05) is 24.5 Å². The summed E-state index contributed by atoms with van der Waals surface area (Å²) in [4.78, 5) is 27.9. The molecule has 7 nitrogen and oxygen atoms in total. The summed E-state index contributed by atoms with van der Waals surface area (Å²) in [7, 11) is 3.10. The first-order valence-corrected chi connectivity index (χ1v) is 9.39. The van der Waals surface area contributed by atoms with E-state index in [2.05, 4.69) is 19.9 Å². The van der Waals surface area contributed by atoms with Crippen LogP contribution in [-0.4, -0.2) is 47.0 Å². The standard InChI is InChI=1S/C11H11ClN2O2.C9H7ClN2O/c1-11(6-15)8(12)5-13-7-3-4-9(16-2)14-10(7)11;1-13-9-3-2-7-8(12-9)4-6(10)5-11-7/h3-6,8H,1-2H3;2-5H,1H3. The van der Waals surface area contributed by atoms with Crippen molar-refractivity contribution in [1.29, 1.82) is 0 Å². The molecule has 29 heavy (non-hydrogen) atoms. The highest BCUT2D eigenvalue weighted by atomic mass is 35.5. The van der Waals surface area contributed by atoms with E-state index in [1.165, 1.54) is 7.11 Å². The monoisotopic (exact) mass is 432 g/mol. The van der Waals surface area contributed by atoms with E-state index in [1.54, 1.807) is 50.7 Å². The first-order chi connectivity index (χ1) is 13.9. The van der Waals surface area contributed by atoms with Crippen molar-refractivity contribution >= 4 is 52.4 Å². The number of rotatable bonds is 3. The number of hydrogen-bond acceptors (Lipinski definition) is 7. The number of hydrogen-bond donors (Lipinski definition) is 0. The summed E-state index contributed by atoms with van der Waals surface area (Å²) >= 11 is 11.9. The number of aliphatic imine (C=N–C) groups is 1. The van der Waals surface area contributed by atoms with Crippen molar-refractivity contribution in [2.75, 3.05) is 14.2 Å². The van der Waals surface area contributed by atoms with Crippen LogP contribution in [0.25, 0.3) is 11.0 Å². The second-order valence-electron chi connectivity index (χ2n) is 6.35. The minimum Gasteiger partial charge on any atom is -0.481 e. The topological polar surface area (TPSA) is 86.6 Å². The van der Waals surface area contributed by atoms with E-state index in [4.69, 9.17) is 32.7 Å². The maximum atomic E-state index is 11.2. The zero-order valence-corrected chi connectivity index (χ0v) is 17.5. The molecule has 150 valence electrons. The Morgan fingerprint density at radius 2 is 1.76 bits per heavy atom. The Morgan fingerprint density at radius 1 is 1.07 bits per heavy atom. The number of carbonyl (C=O) groups excluding carboxylic acids is 1. The molecule has 0 amide bonds. The van der Waals surface area contributed by atoms with Gasteiger partial charge in [-0.25, -0.2) is 9.97 Å². The lowest BCUT2D eigenvalue weighted by Gasteiger charge is -2.29. The smallest absolute Gasteiger partial charge is 0.213 e. The van der Waals surface area contributed by atoms with E-state index < -0.39 is 10.8 Å². The number of aromatic nitrogens is 3. The van der Waals surface area contributed by atoms with Gasteiger partial charge in [-0.1, -0.05) is 11.6 Å². The van der Waals surface area contributed by atoms with E-state index in [0.29, 0.717) is 28.2 Å². The number of methoxy groups -OCH3 is 2. The molecule has 0 aromatic carbocycles. The van der Waals surface area contributed by atoms with Crippen molar-refractivity contribution in [2.45, 2.75) is 17.7 Å². The molecule has 0 fully saturated rings. The van der Waals surface area contributed by atoms with Crippen LogP contribution < -0.4 is 9.47 Å². The highest BCUT2D eigenvalue weighted by Gasteiger charge is 2.40. The largest absolute Gasteiger partial charge is 0.481 e. The van der Waals surface area contributed by atoms with Crippen molar-refractivity contribution < 1.29 is 14.3 Å². The zero-order valence-electron chi connectivity index (χ0n) is 16.0. The summed E-state index contributed by atoms with van der Waals surface area (Å²) in [6.07, 6.45) is 3.96. The fraction of sp³-hybridized carbons (Fsp3) is 0.250. The van der Waals surface area contributed by atoms with E-state index in [1.807, 2.05) is 6.07 Å². The summed E-state index contributed by atoms with van der Waals surface area (Å²) in [5.74, 6) is 1.02. The molecular formula is C20H18Cl2N4O3. The molecule has 1 aliphatic rings. The van der Waals surface area contributed by atoms with Gasteiger partial charge in [-0.2, -0.15) is 0 Å². The van der Waals surface area contributed by atoms with Crippen LogP contribution in [0.4, 0.5) is 5.69 Å². The quantitative estimate of drug-likeness (QED) is 0.456. The number of ether oxygens (including phenoxy) is 2.